The Balaban J connectivity index is 1.21. The Bertz CT molecular complexity index is 3290. The average molecular weight is 773 g/mol. The smallest absolute Gasteiger partial charge is 0.184 e. The van der Waals surface area contributed by atoms with E-state index in [0.29, 0.717) is 0 Å². The van der Waals surface area contributed by atoms with E-state index in [-0.39, 0.29) is 0 Å². The molecular formula is C54H36N2SSi. The van der Waals surface area contributed by atoms with E-state index < -0.39 is 8.07 Å². The largest absolute Gasteiger partial charge is 0.309 e. The maximum Gasteiger partial charge on any atom is 0.184 e. The van der Waals surface area contributed by atoms with E-state index in [9.17, 15) is 0 Å². The molecule has 0 aliphatic carbocycles. The van der Waals surface area contributed by atoms with Crippen molar-refractivity contribution in [2.24, 2.45) is 0 Å². The molecule has 9 aromatic carbocycles. The molecule has 0 saturated heterocycles. The Morgan fingerprint density at radius 1 is 0.328 bits per heavy atom. The molecule has 58 heavy (non-hydrogen) atoms. The highest BCUT2D eigenvalue weighted by molar-refractivity contribution is 8.00. The molecule has 2 nitrogen and oxygen atoms in total. The van der Waals surface area contributed by atoms with Gasteiger partial charge < -0.3 is 9.13 Å². The topological polar surface area (TPSA) is 9.86 Å². The van der Waals surface area contributed by atoms with Crippen LogP contribution in [0, 0.1) is 0 Å². The Morgan fingerprint density at radius 2 is 0.828 bits per heavy atom. The van der Waals surface area contributed by atoms with Crippen molar-refractivity contribution in [2.45, 2.75) is 9.79 Å². The highest BCUT2D eigenvalue weighted by Crippen LogP contribution is 2.39. The van der Waals surface area contributed by atoms with Gasteiger partial charge in [0, 0.05) is 42.7 Å². The van der Waals surface area contributed by atoms with Gasteiger partial charge in [-0.15, -0.1) is 0 Å². The molecule has 1 aliphatic heterocycles. The Hall–Kier alpha value is -6.85. The van der Waals surface area contributed by atoms with Crippen molar-refractivity contribution in [2.75, 3.05) is 0 Å². The van der Waals surface area contributed by atoms with Crippen LogP contribution in [0.5, 0.6) is 0 Å². The summed E-state index contributed by atoms with van der Waals surface area (Å²) in [4.78, 5) is 2.63. The fourth-order valence-electron chi connectivity index (χ4n) is 9.86. The van der Waals surface area contributed by atoms with Crippen LogP contribution in [0.4, 0.5) is 0 Å². The number of fused-ring (bicyclic) bond motifs is 8. The van der Waals surface area contributed by atoms with Gasteiger partial charge in [0.15, 0.2) is 8.07 Å². The molecule has 1 aliphatic rings. The van der Waals surface area contributed by atoms with E-state index in [1.54, 1.807) is 0 Å². The van der Waals surface area contributed by atoms with Crippen molar-refractivity contribution in [1.82, 2.24) is 9.13 Å². The minimum absolute atomic E-state index is 1.18. The zero-order valence-corrected chi connectivity index (χ0v) is 33.4. The van der Waals surface area contributed by atoms with Crippen LogP contribution in [0.2, 0.25) is 0 Å². The normalized spacial score (nSPS) is 14.9. The van der Waals surface area contributed by atoms with E-state index in [0.717, 1.165) is 0 Å². The molecular weight excluding hydrogens is 737 g/mol. The maximum atomic E-state index is 2.53. The first kappa shape index (κ1) is 33.3. The van der Waals surface area contributed by atoms with Crippen molar-refractivity contribution in [1.29, 1.82) is 0 Å². The second-order valence-electron chi connectivity index (χ2n) is 15.2. The van der Waals surface area contributed by atoms with Gasteiger partial charge in [0.2, 0.25) is 0 Å². The molecule has 3 heterocycles. The molecule has 11 aromatic rings. The van der Waals surface area contributed by atoms with Gasteiger partial charge in [0.25, 0.3) is 0 Å². The minimum Gasteiger partial charge on any atom is -0.309 e. The quantitative estimate of drug-likeness (QED) is 0.158. The van der Waals surface area contributed by atoms with Crippen molar-refractivity contribution in [3.05, 3.63) is 218 Å². The number of benzene rings is 9. The van der Waals surface area contributed by atoms with Gasteiger partial charge in [0.05, 0.1) is 22.1 Å². The van der Waals surface area contributed by atoms with Crippen LogP contribution in [0.1, 0.15) is 0 Å². The Morgan fingerprint density at radius 3 is 1.48 bits per heavy atom. The molecule has 0 N–H and O–H groups in total. The lowest BCUT2D eigenvalue weighted by Crippen LogP contribution is -2.77. The number of rotatable bonds is 5. The second-order valence-corrected chi connectivity index (χ2v) is 20.0. The zero-order chi connectivity index (χ0) is 38.2. The number of aromatic nitrogens is 2. The summed E-state index contributed by atoms with van der Waals surface area (Å²) in [5.74, 6) is 0. The van der Waals surface area contributed by atoms with E-state index in [4.69, 9.17) is 0 Å². The first-order valence-electron chi connectivity index (χ1n) is 19.9. The van der Waals surface area contributed by atoms with Crippen LogP contribution in [-0.2, 0) is 0 Å². The highest BCUT2D eigenvalue weighted by Gasteiger charge is 2.48. The number of para-hydroxylation sites is 5. The van der Waals surface area contributed by atoms with Gasteiger partial charge in [-0.3, -0.25) is 0 Å². The van der Waals surface area contributed by atoms with Crippen molar-refractivity contribution < 1.29 is 0 Å². The second kappa shape index (κ2) is 13.1. The average Bonchev–Trinajstić information content (AvgIpc) is 3.81. The van der Waals surface area contributed by atoms with E-state index >= 15 is 0 Å². The lowest BCUT2D eigenvalue weighted by Gasteiger charge is -2.41. The SMILES string of the molecule is c1ccc(-c2cccc([Si]3(c4ccccc4-n4c5ccccc5c5ccccc54)c4ccccc4Sc4cc(-n5c6ccccc6c6ccccc65)ccc43)c2)cc1. The van der Waals surface area contributed by atoms with Crippen molar-refractivity contribution in [3.63, 3.8) is 0 Å². The summed E-state index contributed by atoms with van der Waals surface area (Å²) >= 11 is 1.92. The van der Waals surface area contributed by atoms with E-state index in [1.165, 1.54) is 96.7 Å². The molecule has 1 unspecified atom stereocenters. The van der Waals surface area contributed by atoms with Crippen LogP contribution in [0.25, 0.3) is 66.1 Å². The molecule has 0 bridgehead atoms. The molecule has 0 saturated carbocycles. The first-order chi connectivity index (χ1) is 28.8. The molecule has 0 fully saturated rings. The summed E-state index contributed by atoms with van der Waals surface area (Å²) < 4.78 is 4.99. The van der Waals surface area contributed by atoms with Crippen LogP contribution in [-0.4, -0.2) is 17.2 Å². The number of hydrogen-bond donors (Lipinski definition) is 0. The third kappa shape index (κ3) is 4.79. The fourth-order valence-corrected chi connectivity index (χ4v) is 17.0. The predicted octanol–water partition coefficient (Wildman–Crippen LogP) is 11.4. The maximum absolute atomic E-state index is 3.08. The van der Waals surface area contributed by atoms with Gasteiger partial charge in [-0.2, -0.15) is 0 Å². The summed E-state index contributed by atoms with van der Waals surface area (Å²) in [7, 11) is -3.08. The van der Waals surface area contributed by atoms with Gasteiger partial charge in [-0.25, -0.2) is 0 Å². The summed E-state index contributed by atoms with van der Waals surface area (Å²) in [5.41, 5.74) is 9.76. The molecule has 12 rings (SSSR count). The Kier molecular flexibility index (Phi) is 7.52. The van der Waals surface area contributed by atoms with Crippen LogP contribution >= 0.6 is 11.8 Å². The molecule has 4 heteroatoms. The fraction of sp³-hybridized carbons (Fsp3) is 0. The van der Waals surface area contributed by atoms with E-state index in [1.807, 2.05) is 11.8 Å². The molecule has 1 atom stereocenters. The lowest BCUT2D eigenvalue weighted by molar-refractivity contribution is 1.16. The van der Waals surface area contributed by atoms with Gasteiger partial charge in [-0.1, -0.05) is 182 Å². The minimum atomic E-state index is -3.08. The van der Waals surface area contributed by atoms with Crippen LogP contribution in [0.15, 0.2) is 228 Å². The molecule has 272 valence electrons. The monoisotopic (exact) mass is 772 g/mol. The van der Waals surface area contributed by atoms with Crippen LogP contribution < -0.4 is 20.7 Å². The standard InChI is InChI=1S/C54H36N2SSi/c1-2-17-37(18-3-1)38-19-16-20-40(35-38)58(52-31-14-12-29-49(52)56-47-27-10-6-23-43(47)44-24-7-11-28-48(44)56)53-32-15-13-30-50(53)57-51-36-39(33-34-54(51)58)55-45-25-8-4-21-41(45)42-22-5-9-26-46(42)55/h1-36H. The Labute approximate surface area is 342 Å². The number of hydrogen-bond acceptors (Lipinski definition) is 1. The van der Waals surface area contributed by atoms with Gasteiger partial charge in [-0.05, 0) is 80.4 Å². The third-order valence-corrected chi connectivity index (χ3v) is 18.6. The first-order valence-corrected chi connectivity index (χ1v) is 22.8. The summed E-state index contributed by atoms with van der Waals surface area (Å²) in [6, 6.07) is 81.6. The third-order valence-electron chi connectivity index (χ3n) is 12.3. The van der Waals surface area contributed by atoms with E-state index in [2.05, 4.69) is 228 Å². The van der Waals surface area contributed by atoms with Gasteiger partial charge in [0.1, 0.15) is 0 Å². The molecule has 0 amide bonds. The van der Waals surface area contributed by atoms with Crippen LogP contribution in [0.3, 0.4) is 0 Å². The van der Waals surface area contributed by atoms with Crippen molar-refractivity contribution >= 4 is 84.2 Å². The predicted molar refractivity (Wildman–Crippen MR) is 248 cm³/mol. The van der Waals surface area contributed by atoms with Crippen molar-refractivity contribution in [3.8, 4) is 22.5 Å². The summed E-state index contributed by atoms with van der Waals surface area (Å²) in [5, 5.41) is 10.7. The zero-order valence-electron chi connectivity index (χ0n) is 31.6. The number of nitrogens with zero attached hydrogens (tertiary/aromatic N) is 2. The molecule has 0 radical (unpaired) electrons. The molecule has 2 aromatic heterocycles. The summed E-state index contributed by atoms with van der Waals surface area (Å²) in [6.45, 7) is 0. The molecule has 0 spiro atoms. The highest BCUT2D eigenvalue weighted by atomic mass is 32.2. The lowest BCUT2D eigenvalue weighted by atomic mass is 10.1. The van der Waals surface area contributed by atoms with Gasteiger partial charge >= 0.3 is 0 Å². The summed E-state index contributed by atoms with van der Waals surface area (Å²) in [6.07, 6.45) is 0.